The fourth-order valence-electron chi connectivity index (χ4n) is 0.680. The van der Waals surface area contributed by atoms with Crippen LogP contribution >= 0.6 is 0 Å². The number of aromatic nitrogens is 2. The number of hydrogen-bond acceptors (Lipinski definition) is 4. The van der Waals surface area contributed by atoms with Crippen LogP contribution < -0.4 is 4.74 Å². The monoisotopic (exact) mass is 154 g/mol. The predicted molar refractivity (Wildman–Crippen MR) is 39.1 cm³/mol. The molecule has 1 heterocycles. The van der Waals surface area contributed by atoms with Gasteiger partial charge >= 0.3 is 0 Å². The van der Waals surface area contributed by atoms with Crippen molar-refractivity contribution < 1.29 is 9.84 Å². The maximum atomic E-state index is 8.67. The minimum Gasteiger partial charge on any atom is -0.477 e. The van der Waals surface area contributed by atoms with Gasteiger partial charge in [0, 0.05) is 0 Å². The molecule has 1 N–H and O–H groups in total. The summed E-state index contributed by atoms with van der Waals surface area (Å²) in [5, 5.41) is 8.67. The number of rotatable bonds is 3. The molecule has 60 valence electrons. The van der Waals surface area contributed by atoms with Gasteiger partial charge in [-0.05, 0) is 6.92 Å². The molecule has 0 aromatic carbocycles. The molecule has 11 heavy (non-hydrogen) atoms. The smallest absolute Gasteiger partial charge is 0.232 e. The number of ether oxygens (including phenoxy) is 1. The molecule has 0 saturated heterocycles. The van der Waals surface area contributed by atoms with Gasteiger partial charge in [0.25, 0.3) is 0 Å². The van der Waals surface area contributed by atoms with Crippen LogP contribution in [-0.4, -0.2) is 21.7 Å². The largest absolute Gasteiger partial charge is 0.477 e. The summed E-state index contributed by atoms with van der Waals surface area (Å²) in [4.78, 5) is 7.77. The van der Waals surface area contributed by atoms with E-state index in [1.165, 1.54) is 12.4 Å². The minimum absolute atomic E-state index is 0.103. The number of nitrogens with zero attached hydrogens (tertiary/aromatic N) is 2. The molecular formula is C7H10N2O2. The fourth-order valence-corrected chi connectivity index (χ4v) is 0.680. The highest BCUT2D eigenvalue weighted by atomic mass is 16.5. The lowest BCUT2D eigenvalue weighted by Crippen LogP contribution is -1.98. The van der Waals surface area contributed by atoms with Crippen molar-refractivity contribution in [1.29, 1.82) is 0 Å². The Hall–Kier alpha value is -1.16. The Kier molecular flexibility index (Phi) is 2.80. The number of aliphatic hydroxyl groups excluding tert-OH is 1. The summed E-state index contributed by atoms with van der Waals surface area (Å²) in [6.45, 7) is 2.32. The van der Waals surface area contributed by atoms with Crippen LogP contribution in [0.15, 0.2) is 12.4 Å². The van der Waals surface area contributed by atoms with E-state index in [2.05, 4.69) is 9.97 Å². The normalized spacial score (nSPS) is 9.64. The highest BCUT2D eigenvalue weighted by molar-refractivity contribution is 5.07. The summed E-state index contributed by atoms with van der Waals surface area (Å²) in [6, 6.07) is 0. The van der Waals surface area contributed by atoms with E-state index in [0.29, 0.717) is 18.2 Å². The summed E-state index contributed by atoms with van der Waals surface area (Å²) < 4.78 is 5.06. The highest BCUT2D eigenvalue weighted by Gasteiger charge is 1.95. The van der Waals surface area contributed by atoms with Crippen molar-refractivity contribution in [3.8, 4) is 5.88 Å². The van der Waals surface area contributed by atoms with E-state index in [1.54, 1.807) is 0 Å². The zero-order chi connectivity index (χ0) is 8.10. The van der Waals surface area contributed by atoms with Crippen LogP contribution in [0.1, 0.15) is 12.6 Å². The Morgan fingerprint density at radius 2 is 2.36 bits per heavy atom. The molecule has 0 aliphatic carbocycles. The molecule has 0 spiro atoms. The van der Waals surface area contributed by atoms with Crippen molar-refractivity contribution in [2.45, 2.75) is 13.5 Å². The van der Waals surface area contributed by atoms with Gasteiger partial charge in [0.1, 0.15) is 0 Å². The predicted octanol–water partition coefficient (Wildman–Crippen LogP) is 0.368. The van der Waals surface area contributed by atoms with Crippen molar-refractivity contribution in [3.05, 3.63) is 18.1 Å². The third-order valence-corrected chi connectivity index (χ3v) is 1.12. The van der Waals surface area contributed by atoms with Gasteiger partial charge in [-0.15, -0.1) is 0 Å². The van der Waals surface area contributed by atoms with E-state index in [-0.39, 0.29) is 6.61 Å². The Morgan fingerprint density at radius 1 is 1.55 bits per heavy atom. The summed E-state index contributed by atoms with van der Waals surface area (Å²) in [6.07, 6.45) is 3.02. The van der Waals surface area contributed by atoms with Gasteiger partial charge in [-0.2, -0.15) is 0 Å². The average molecular weight is 154 g/mol. The molecule has 1 rings (SSSR count). The van der Waals surface area contributed by atoms with Crippen LogP contribution in [0.5, 0.6) is 5.88 Å². The lowest BCUT2D eigenvalue weighted by molar-refractivity contribution is 0.270. The van der Waals surface area contributed by atoms with E-state index in [4.69, 9.17) is 9.84 Å². The molecule has 0 atom stereocenters. The van der Waals surface area contributed by atoms with Gasteiger partial charge in [-0.25, -0.2) is 4.98 Å². The summed E-state index contributed by atoms with van der Waals surface area (Å²) in [5.74, 6) is 0.457. The Labute approximate surface area is 64.9 Å². The second-order valence-electron chi connectivity index (χ2n) is 1.94. The lowest BCUT2D eigenvalue weighted by atomic mass is 10.5. The van der Waals surface area contributed by atoms with Gasteiger partial charge in [-0.1, -0.05) is 0 Å². The van der Waals surface area contributed by atoms with Crippen molar-refractivity contribution in [2.24, 2.45) is 0 Å². The minimum atomic E-state index is -0.103. The fraction of sp³-hybridized carbons (Fsp3) is 0.429. The molecule has 1 aromatic heterocycles. The van der Waals surface area contributed by atoms with Crippen LogP contribution in [0.25, 0.3) is 0 Å². The topological polar surface area (TPSA) is 55.2 Å². The van der Waals surface area contributed by atoms with Crippen molar-refractivity contribution in [1.82, 2.24) is 9.97 Å². The van der Waals surface area contributed by atoms with Crippen LogP contribution in [0.4, 0.5) is 0 Å². The number of aliphatic hydroxyl groups is 1. The first-order chi connectivity index (χ1) is 5.36. The lowest BCUT2D eigenvalue weighted by Gasteiger charge is -2.01. The van der Waals surface area contributed by atoms with Crippen molar-refractivity contribution >= 4 is 0 Å². The van der Waals surface area contributed by atoms with E-state index < -0.39 is 0 Å². The molecule has 4 heteroatoms. The van der Waals surface area contributed by atoms with Gasteiger partial charge in [0.15, 0.2) is 0 Å². The quantitative estimate of drug-likeness (QED) is 0.683. The SMILES string of the molecule is CCOc1cncc(CO)n1. The summed E-state index contributed by atoms with van der Waals surface area (Å²) >= 11 is 0. The summed E-state index contributed by atoms with van der Waals surface area (Å²) in [5.41, 5.74) is 0.524. The molecule has 0 radical (unpaired) electrons. The van der Waals surface area contributed by atoms with E-state index in [1.807, 2.05) is 6.92 Å². The molecule has 0 aliphatic rings. The van der Waals surface area contributed by atoms with Crippen LogP contribution in [-0.2, 0) is 6.61 Å². The maximum Gasteiger partial charge on any atom is 0.232 e. The Morgan fingerprint density at radius 3 is 3.00 bits per heavy atom. The Balaban J connectivity index is 2.74. The van der Waals surface area contributed by atoms with Crippen LogP contribution in [0.2, 0.25) is 0 Å². The molecule has 0 bridgehead atoms. The molecule has 0 amide bonds. The molecule has 0 aliphatic heterocycles. The first kappa shape index (κ1) is 7.94. The molecule has 1 aromatic rings. The van der Waals surface area contributed by atoms with Gasteiger partial charge < -0.3 is 9.84 Å². The average Bonchev–Trinajstić information content (AvgIpc) is 2.06. The first-order valence-corrected chi connectivity index (χ1v) is 3.41. The molecule has 4 nitrogen and oxygen atoms in total. The van der Waals surface area contributed by atoms with E-state index >= 15 is 0 Å². The van der Waals surface area contributed by atoms with E-state index in [0.717, 1.165) is 0 Å². The zero-order valence-corrected chi connectivity index (χ0v) is 6.32. The zero-order valence-electron chi connectivity index (χ0n) is 6.32. The maximum absolute atomic E-state index is 8.67. The van der Waals surface area contributed by atoms with Crippen molar-refractivity contribution in [2.75, 3.05) is 6.61 Å². The number of hydrogen-bond donors (Lipinski definition) is 1. The van der Waals surface area contributed by atoms with Gasteiger partial charge in [-0.3, -0.25) is 4.98 Å². The second kappa shape index (κ2) is 3.88. The molecular weight excluding hydrogens is 144 g/mol. The summed E-state index contributed by atoms with van der Waals surface area (Å²) in [7, 11) is 0. The Bertz CT molecular complexity index is 227. The van der Waals surface area contributed by atoms with Crippen LogP contribution in [0.3, 0.4) is 0 Å². The first-order valence-electron chi connectivity index (χ1n) is 3.41. The third kappa shape index (κ3) is 2.16. The standard InChI is InChI=1S/C7H10N2O2/c1-2-11-7-4-8-3-6(5-10)9-7/h3-4,10H,2,5H2,1H3. The third-order valence-electron chi connectivity index (χ3n) is 1.12. The van der Waals surface area contributed by atoms with E-state index in [9.17, 15) is 0 Å². The van der Waals surface area contributed by atoms with Gasteiger partial charge in [0.05, 0.1) is 31.3 Å². The van der Waals surface area contributed by atoms with Gasteiger partial charge in [0.2, 0.25) is 5.88 Å². The van der Waals surface area contributed by atoms with Crippen LogP contribution in [0, 0.1) is 0 Å². The molecule has 0 saturated carbocycles. The molecule has 0 fully saturated rings. The highest BCUT2D eigenvalue weighted by Crippen LogP contribution is 2.03. The molecule has 0 unspecified atom stereocenters. The van der Waals surface area contributed by atoms with Crippen molar-refractivity contribution in [3.63, 3.8) is 0 Å². The second-order valence-corrected chi connectivity index (χ2v) is 1.94.